The first kappa shape index (κ1) is 18.4. The third kappa shape index (κ3) is 6.77. The molecule has 1 fully saturated rings. The van der Waals surface area contributed by atoms with Crippen molar-refractivity contribution in [2.45, 2.75) is 32.6 Å². The van der Waals surface area contributed by atoms with E-state index >= 15 is 0 Å². The minimum absolute atomic E-state index is 0. The van der Waals surface area contributed by atoms with Gasteiger partial charge in [-0.3, -0.25) is 0 Å². The molecule has 1 aromatic carbocycles. The molecule has 0 atom stereocenters. The number of nitrogens with zero attached hydrogens (tertiary/aromatic N) is 1. The molecule has 0 amide bonds. The highest BCUT2D eigenvalue weighted by Crippen LogP contribution is 2.14. The average Bonchev–Trinajstić information content (AvgIpc) is 2.46. The summed E-state index contributed by atoms with van der Waals surface area (Å²) in [4.78, 5) is 2.56. The summed E-state index contributed by atoms with van der Waals surface area (Å²) in [5.41, 5.74) is 1.11. The van der Waals surface area contributed by atoms with E-state index in [1.165, 1.54) is 31.9 Å². The molecule has 2 rings (SSSR count). The van der Waals surface area contributed by atoms with E-state index in [1.54, 1.807) is 6.07 Å². The van der Waals surface area contributed by atoms with Crippen LogP contribution in [0.15, 0.2) is 24.3 Å². The van der Waals surface area contributed by atoms with Crippen LogP contribution in [0.25, 0.3) is 0 Å². The van der Waals surface area contributed by atoms with Crippen LogP contribution in [0.3, 0.4) is 0 Å². The van der Waals surface area contributed by atoms with E-state index in [4.69, 9.17) is 0 Å². The number of halogens is 2. The summed E-state index contributed by atoms with van der Waals surface area (Å²) in [7, 11) is 0. The van der Waals surface area contributed by atoms with Crippen LogP contribution in [-0.2, 0) is 6.42 Å². The molecule has 1 heterocycles. The molecular formula is C17H28ClFN2. The van der Waals surface area contributed by atoms with Crippen molar-refractivity contribution in [3.05, 3.63) is 35.6 Å². The van der Waals surface area contributed by atoms with Gasteiger partial charge in [-0.1, -0.05) is 19.1 Å². The Morgan fingerprint density at radius 1 is 1.24 bits per heavy atom. The number of rotatable bonds is 7. The van der Waals surface area contributed by atoms with Crippen LogP contribution < -0.4 is 5.32 Å². The van der Waals surface area contributed by atoms with Crippen molar-refractivity contribution in [2.75, 3.05) is 32.7 Å². The maximum absolute atomic E-state index is 13.2. The summed E-state index contributed by atoms with van der Waals surface area (Å²) in [6.07, 6.45) is 4.72. The molecule has 0 radical (unpaired) electrons. The molecule has 0 spiro atoms. The van der Waals surface area contributed by atoms with Gasteiger partial charge in [0.05, 0.1) is 0 Å². The predicted molar refractivity (Wildman–Crippen MR) is 89.7 cm³/mol. The van der Waals surface area contributed by atoms with Gasteiger partial charge in [0.15, 0.2) is 0 Å². The predicted octanol–water partition coefficient (Wildman–Crippen LogP) is 3.50. The first-order chi connectivity index (χ1) is 9.78. The van der Waals surface area contributed by atoms with Crippen molar-refractivity contribution < 1.29 is 4.39 Å². The van der Waals surface area contributed by atoms with Crippen molar-refractivity contribution in [3.63, 3.8) is 0 Å². The Morgan fingerprint density at radius 3 is 2.67 bits per heavy atom. The topological polar surface area (TPSA) is 15.3 Å². The van der Waals surface area contributed by atoms with Gasteiger partial charge in [0.1, 0.15) is 5.82 Å². The summed E-state index contributed by atoms with van der Waals surface area (Å²) in [6.45, 7) is 7.95. The van der Waals surface area contributed by atoms with Crippen LogP contribution in [0.1, 0.15) is 31.7 Å². The molecule has 0 aliphatic carbocycles. The highest BCUT2D eigenvalue weighted by atomic mass is 35.5. The lowest BCUT2D eigenvalue weighted by molar-refractivity contribution is 0.207. The van der Waals surface area contributed by atoms with E-state index in [-0.39, 0.29) is 18.2 Å². The average molecular weight is 315 g/mol. The van der Waals surface area contributed by atoms with E-state index in [1.807, 2.05) is 12.1 Å². The zero-order valence-electron chi connectivity index (χ0n) is 13.0. The van der Waals surface area contributed by atoms with Crippen LogP contribution in [-0.4, -0.2) is 37.6 Å². The summed E-state index contributed by atoms with van der Waals surface area (Å²) < 4.78 is 13.2. The molecule has 0 aromatic heterocycles. The molecule has 21 heavy (non-hydrogen) atoms. The van der Waals surface area contributed by atoms with E-state index < -0.39 is 0 Å². The van der Waals surface area contributed by atoms with Gasteiger partial charge in [0.25, 0.3) is 0 Å². The molecule has 2 nitrogen and oxygen atoms in total. The fourth-order valence-corrected chi connectivity index (χ4v) is 3.02. The van der Waals surface area contributed by atoms with Gasteiger partial charge in [-0.25, -0.2) is 4.39 Å². The highest BCUT2D eigenvalue weighted by Gasteiger charge is 2.16. The molecule has 120 valence electrons. The van der Waals surface area contributed by atoms with Gasteiger partial charge in [-0.2, -0.15) is 0 Å². The Labute approximate surface area is 134 Å². The van der Waals surface area contributed by atoms with E-state index in [9.17, 15) is 4.39 Å². The standard InChI is InChI=1S/C17H27FN2.ClH/c1-2-11-20(14-16-6-9-19-10-7-16)12-8-15-4-3-5-17(18)13-15;/h3-5,13,16,19H,2,6-12,14H2,1H3;1H. The SMILES string of the molecule is CCCN(CCc1cccc(F)c1)CC1CCNCC1.Cl. The Bertz CT molecular complexity index is 394. The Balaban J connectivity index is 0.00000220. The quantitative estimate of drug-likeness (QED) is 0.828. The number of piperidine rings is 1. The second-order valence-electron chi connectivity index (χ2n) is 5.87. The summed E-state index contributed by atoms with van der Waals surface area (Å²) in [5, 5.41) is 3.42. The second kappa shape index (κ2) is 10.1. The first-order valence-electron chi connectivity index (χ1n) is 7.95. The van der Waals surface area contributed by atoms with Gasteiger partial charge in [0.2, 0.25) is 0 Å². The van der Waals surface area contributed by atoms with Crippen molar-refractivity contribution in [1.29, 1.82) is 0 Å². The third-order valence-corrected chi connectivity index (χ3v) is 4.12. The van der Waals surface area contributed by atoms with Gasteiger partial charge in [-0.05, 0) is 68.9 Å². The number of benzene rings is 1. The van der Waals surface area contributed by atoms with Gasteiger partial charge in [-0.15, -0.1) is 12.4 Å². The maximum Gasteiger partial charge on any atom is 0.123 e. The summed E-state index contributed by atoms with van der Waals surface area (Å²) >= 11 is 0. The summed E-state index contributed by atoms with van der Waals surface area (Å²) in [6, 6.07) is 7.01. The molecular weight excluding hydrogens is 287 g/mol. The van der Waals surface area contributed by atoms with Gasteiger partial charge in [0, 0.05) is 13.1 Å². The van der Waals surface area contributed by atoms with Crippen LogP contribution >= 0.6 is 12.4 Å². The maximum atomic E-state index is 13.2. The van der Waals surface area contributed by atoms with Gasteiger partial charge < -0.3 is 10.2 Å². The van der Waals surface area contributed by atoms with Crippen molar-refractivity contribution in [3.8, 4) is 0 Å². The van der Waals surface area contributed by atoms with E-state index in [0.717, 1.165) is 44.1 Å². The normalized spacial score (nSPS) is 16.0. The molecule has 1 aliphatic rings. The monoisotopic (exact) mass is 314 g/mol. The minimum Gasteiger partial charge on any atom is -0.317 e. The molecule has 0 bridgehead atoms. The van der Waals surface area contributed by atoms with Crippen LogP contribution in [0.4, 0.5) is 4.39 Å². The Morgan fingerprint density at radius 2 is 2.00 bits per heavy atom. The van der Waals surface area contributed by atoms with Crippen molar-refractivity contribution in [1.82, 2.24) is 10.2 Å². The molecule has 1 saturated heterocycles. The number of hydrogen-bond acceptors (Lipinski definition) is 2. The van der Waals surface area contributed by atoms with Crippen molar-refractivity contribution >= 4 is 12.4 Å². The highest BCUT2D eigenvalue weighted by molar-refractivity contribution is 5.85. The molecule has 1 aromatic rings. The molecule has 1 N–H and O–H groups in total. The lowest BCUT2D eigenvalue weighted by Crippen LogP contribution is -2.37. The number of hydrogen-bond donors (Lipinski definition) is 1. The van der Waals surface area contributed by atoms with Crippen LogP contribution in [0.2, 0.25) is 0 Å². The molecule has 1 aliphatic heterocycles. The Kier molecular flexibility index (Phi) is 8.90. The fraction of sp³-hybridized carbons (Fsp3) is 0.647. The first-order valence-corrected chi connectivity index (χ1v) is 7.95. The lowest BCUT2D eigenvalue weighted by atomic mass is 9.97. The van der Waals surface area contributed by atoms with Crippen LogP contribution in [0.5, 0.6) is 0 Å². The van der Waals surface area contributed by atoms with Gasteiger partial charge >= 0.3 is 0 Å². The minimum atomic E-state index is -0.122. The smallest absolute Gasteiger partial charge is 0.123 e. The molecule has 4 heteroatoms. The zero-order valence-corrected chi connectivity index (χ0v) is 13.8. The number of nitrogens with one attached hydrogen (secondary N) is 1. The fourth-order valence-electron chi connectivity index (χ4n) is 3.02. The molecule has 0 saturated carbocycles. The largest absolute Gasteiger partial charge is 0.317 e. The van der Waals surface area contributed by atoms with E-state index in [2.05, 4.69) is 17.1 Å². The zero-order chi connectivity index (χ0) is 14.2. The third-order valence-electron chi connectivity index (χ3n) is 4.12. The lowest BCUT2D eigenvalue weighted by Gasteiger charge is -2.30. The van der Waals surface area contributed by atoms with Crippen LogP contribution in [0, 0.1) is 11.7 Å². The molecule has 0 unspecified atom stereocenters. The van der Waals surface area contributed by atoms with E-state index in [0.29, 0.717) is 0 Å². The Hall–Kier alpha value is -0.640. The summed E-state index contributed by atoms with van der Waals surface area (Å²) in [5.74, 6) is 0.707. The second-order valence-corrected chi connectivity index (χ2v) is 5.87. The van der Waals surface area contributed by atoms with Crippen molar-refractivity contribution in [2.24, 2.45) is 5.92 Å².